The Hall–Kier alpha value is -0.700. The maximum absolute atomic E-state index is 3.85. The van der Waals surface area contributed by atoms with Crippen LogP contribution in [-0.4, -0.2) is 0 Å². The highest BCUT2D eigenvalue weighted by Crippen LogP contribution is 2.42. The van der Waals surface area contributed by atoms with Gasteiger partial charge in [-0.2, -0.15) is 0 Å². The lowest BCUT2D eigenvalue weighted by molar-refractivity contribution is 0.154. The van der Waals surface area contributed by atoms with Crippen LogP contribution in [0, 0.1) is 35.5 Å². The lowest BCUT2D eigenvalue weighted by atomic mass is 9.69. The van der Waals surface area contributed by atoms with E-state index in [0.717, 1.165) is 30.1 Å². The van der Waals surface area contributed by atoms with Crippen LogP contribution in [-0.2, 0) is 0 Å². The normalized spacial score (nSPS) is 34.0. The molecule has 0 nitrogen and oxygen atoms in total. The van der Waals surface area contributed by atoms with Gasteiger partial charge in [-0.1, -0.05) is 31.8 Å². The second-order valence-electron chi connectivity index (χ2n) is 6.93. The highest BCUT2D eigenvalue weighted by molar-refractivity contribution is 5.04. The monoisotopic (exact) mass is 272 g/mol. The first-order valence-corrected chi connectivity index (χ1v) is 8.92. The Labute approximate surface area is 126 Å². The van der Waals surface area contributed by atoms with Crippen LogP contribution in [0.1, 0.15) is 77.6 Å². The highest BCUT2D eigenvalue weighted by atomic mass is 14.3. The molecule has 2 rings (SSSR count). The lowest BCUT2D eigenvalue weighted by Crippen LogP contribution is -2.25. The molecule has 2 fully saturated rings. The molecule has 0 N–H and O–H groups in total. The van der Waals surface area contributed by atoms with E-state index >= 15 is 0 Å². The largest absolute Gasteiger partial charge is 0.103 e. The molecule has 0 spiro atoms. The van der Waals surface area contributed by atoms with Crippen molar-refractivity contribution in [2.45, 2.75) is 77.6 Å². The molecule has 0 unspecified atom stereocenters. The molecule has 2 saturated carbocycles. The van der Waals surface area contributed by atoms with Gasteiger partial charge in [0.2, 0.25) is 0 Å². The van der Waals surface area contributed by atoms with Gasteiger partial charge in [0.05, 0.1) is 0 Å². The van der Waals surface area contributed by atoms with E-state index in [2.05, 4.69) is 31.4 Å². The van der Waals surface area contributed by atoms with Gasteiger partial charge in [0.15, 0.2) is 0 Å². The van der Waals surface area contributed by atoms with Gasteiger partial charge in [0.25, 0.3) is 0 Å². The fraction of sp³-hybridized carbons (Fsp3) is 0.800. The third-order valence-corrected chi connectivity index (χ3v) is 5.59. The quantitative estimate of drug-likeness (QED) is 0.436. The summed E-state index contributed by atoms with van der Waals surface area (Å²) in [6, 6.07) is 0. The van der Waals surface area contributed by atoms with Crippen LogP contribution >= 0.6 is 0 Å². The van der Waals surface area contributed by atoms with Gasteiger partial charge in [-0.05, 0) is 69.1 Å². The fourth-order valence-corrected chi connectivity index (χ4v) is 4.28. The van der Waals surface area contributed by atoms with Crippen LogP contribution in [0.15, 0.2) is 12.7 Å². The van der Waals surface area contributed by atoms with E-state index in [4.69, 9.17) is 0 Å². The first kappa shape index (κ1) is 15.7. The zero-order valence-corrected chi connectivity index (χ0v) is 13.4. The van der Waals surface area contributed by atoms with Gasteiger partial charge in [-0.15, -0.1) is 12.5 Å². The molecule has 0 saturated heterocycles. The Balaban J connectivity index is 1.69. The van der Waals surface area contributed by atoms with E-state index in [0.29, 0.717) is 0 Å². The molecular weight excluding hydrogens is 240 g/mol. The van der Waals surface area contributed by atoms with Crippen LogP contribution in [0.3, 0.4) is 0 Å². The molecule has 0 bridgehead atoms. The average molecular weight is 272 g/mol. The SMILES string of the molecule is C=CCCC1CCC(C2CCC(C#CCC)CC2)CC1. The topological polar surface area (TPSA) is 0 Å². The predicted octanol–water partition coefficient (Wildman–Crippen LogP) is 5.98. The Morgan fingerprint density at radius 3 is 2.10 bits per heavy atom. The number of hydrogen-bond acceptors (Lipinski definition) is 0. The van der Waals surface area contributed by atoms with Crippen LogP contribution in [0.2, 0.25) is 0 Å². The van der Waals surface area contributed by atoms with Crippen LogP contribution < -0.4 is 0 Å². The Bertz CT molecular complexity index is 327. The van der Waals surface area contributed by atoms with Crippen molar-refractivity contribution < 1.29 is 0 Å². The molecule has 0 heteroatoms. The van der Waals surface area contributed by atoms with Gasteiger partial charge in [-0.25, -0.2) is 0 Å². The minimum absolute atomic E-state index is 0.718. The first-order valence-electron chi connectivity index (χ1n) is 8.92. The van der Waals surface area contributed by atoms with E-state index in [1.165, 1.54) is 64.2 Å². The summed E-state index contributed by atoms with van der Waals surface area (Å²) in [5.41, 5.74) is 0. The molecule has 0 amide bonds. The van der Waals surface area contributed by atoms with E-state index in [1.54, 1.807) is 0 Å². The van der Waals surface area contributed by atoms with Gasteiger partial charge < -0.3 is 0 Å². The third kappa shape index (κ3) is 4.69. The molecule has 0 aromatic heterocycles. The summed E-state index contributed by atoms with van der Waals surface area (Å²) in [7, 11) is 0. The second-order valence-corrected chi connectivity index (χ2v) is 6.93. The zero-order chi connectivity index (χ0) is 14.2. The molecule has 0 atom stereocenters. The molecule has 2 aliphatic rings. The molecule has 0 aliphatic heterocycles. The zero-order valence-electron chi connectivity index (χ0n) is 13.4. The molecule has 0 aromatic rings. The van der Waals surface area contributed by atoms with Crippen molar-refractivity contribution in [3.05, 3.63) is 12.7 Å². The summed E-state index contributed by atoms with van der Waals surface area (Å²) < 4.78 is 0. The minimum atomic E-state index is 0.718. The summed E-state index contributed by atoms with van der Waals surface area (Å²) >= 11 is 0. The Morgan fingerprint density at radius 1 is 0.950 bits per heavy atom. The van der Waals surface area contributed by atoms with Crippen molar-refractivity contribution in [2.75, 3.05) is 0 Å². The smallest absolute Gasteiger partial charge is 0.0203 e. The van der Waals surface area contributed by atoms with Gasteiger partial charge in [-0.3, -0.25) is 0 Å². The summed E-state index contributed by atoms with van der Waals surface area (Å²) in [5, 5.41) is 0. The molecule has 2 aliphatic carbocycles. The molecule has 112 valence electrons. The van der Waals surface area contributed by atoms with Crippen molar-refractivity contribution >= 4 is 0 Å². The maximum atomic E-state index is 3.85. The van der Waals surface area contributed by atoms with Crippen LogP contribution in [0.5, 0.6) is 0 Å². The highest BCUT2D eigenvalue weighted by Gasteiger charge is 2.30. The Morgan fingerprint density at radius 2 is 1.55 bits per heavy atom. The molecule has 0 radical (unpaired) electrons. The van der Waals surface area contributed by atoms with Crippen LogP contribution in [0.4, 0.5) is 0 Å². The summed E-state index contributed by atoms with van der Waals surface area (Å²) in [4.78, 5) is 0. The van der Waals surface area contributed by atoms with Crippen molar-refractivity contribution in [1.82, 2.24) is 0 Å². The number of rotatable bonds is 4. The number of allylic oxidation sites excluding steroid dienone is 1. The summed E-state index contributed by atoms with van der Waals surface area (Å²) in [5.74, 6) is 10.5. The van der Waals surface area contributed by atoms with E-state index < -0.39 is 0 Å². The summed E-state index contributed by atoms with van der Waals surface area (Å²) in [6.07, 6.45) is 17.3. The van der Waals surface area contributed by atoms with E-state index in [9.17, 15) is 0 Å². The second kappa shape index (κ2) is 8.56. The van der Waals surface area contributed by atoms with Gasteiger partial charge in [0, 0.05) is 12.3 Å². The van der Waals surface area contributed by atoms with Crippen LogP contribution in [0.25, 0.3) is 0 Å². The molecule has 0 aromatic carbocycles. The molecule has 20 heavy (non-hydrogen) atoms. The van der Waals surface area contributed by atoms with E-state index in [1.807, 2.05) is 0 Å². The first-order chi connectivity index (χ1) is 9.83. The predicted molar refractivity (Wildman–Crippen MR) is 88.4 cm³/mol. The minimum Gasteiger partial charge on any atom is -0.103 e. The molecular formula is C20H32. The maximum Gasteiger partial charge on any atom is 0.0203 e. The summed E-state index contributed by atoms with van der Waals surface area (Å²) in [6.45, 7) is 6.01. The average Bonchev–Trinajstić information content (AvgIpc) is 2.52. The van der Waals surface area contributed by atoms with E-state index in [-0.39, 0.29) is 0 Å². The van der Waals surface area contributed by atoms with Crippen molar-refractivity contribution in [3.63, 3.8) is 0 Å². The van der Waals surface area contributed by atoms with Gasteiger partial charge >= 0.3 is 0 Å². The fourth-order valence-electron chi connectivity index (χ4n) is 4.28. The lowest BCUT2D eigenvalue weighted by Gasteiger charge is -2.37. The Kier molecular flexibility index (Phi) is 6.71. The van der Waals surface area contributed by atoms with Crippen molar-refractivity contribution in [2.24, 2.45) is 23.7 Å². The van der Waals surface area contributed by atoms with Gasteiger partial charge in [0.1, 0.15) is 0 Å². The van der Waals surface area contributed by atoms with Crippen molar-refractivity contribution in [3.8, 4) is 11.8 Å². The van der Waals surface area contributed by atoms with Crippen molar-refractivity contribution in [1.29, 1.82) is 0 Å². The number of hydrogen-bond donors (Lipinski definition) is 0. The third-order valence-electron chi connectivity index (χ3n) is 5.59. The molecule has 0 heterocycles. The standard InChI is InChI=1S/C20H32/c1-3-5-7-17-9-13-19(14-10-17)20-15-11-18(12-16-20)8-6-4-2/h3,17-20H,1,4-5,7,9-16H2,2H3.